The summed E-state index contributed by atoms with van der Waals surface area (Å²) >= 11 is 0. The zero-order valence-corrected chi connectivity index (χ0v) is 11.1. The number of nitrogens with one attached hydrogen (secondary N) is 1. The zero-order chi connectivity index (χ0) is 12.5. The third-order valence-electron chi connectivity index (χ3n) is 3.11. The SMILES string of the molecule is CCCNC[C@@H]1O[C@@H](OC)[C@H]2OC(C)(C)O[C@@H]21. The van der Waals surface area contributed by atoms with Gasteiger partial charge in [0.1, 0.15) is 18.3 Å². The van der Waals surface area contributed by atoms with Crippen LogP contribution in [0.5, 0.6) is 0 Å². The Morgan fingerprint density at radius 1 is 1.24 bits per heavy atom. The van der Waals surface area contributed by atoms with E-state index in [4.69, 9.17) is 18.9 Å². The molecule has 0 aromatic rings. The molecule has 2 heterocycles. The minimum atomic E-state index is -0.543. The Morgan fingerprint density at radius 3 is 2.59 bits per heavy atom. The first kappa shape index (κ1) is 13.2. The van der Waals surface area contributed by atoms with Gasteiger partial charge in [0.2, 0.25) is 0 Å². The summed E-state index contributed by atoms with van der Waals surface area (Å²) in [4.78, 5) is 0. The van der Waals surface area contributed by atoms with Gasteiger partial charge in [0, 0.05) is 13.7 Å². The average molecular weight is 245 g/mol. The number of ether oxygens (including phenoxy) is 4. The van der Waals surface area contributed by atoms with Crippen molar-refractivity contribution >= 4 is 0 Å². The van der Waals surface area contributed by atoms with E-state index in [1.54, 1.807) is 7.11 Å². The van der Waals surface area contributed by atoms with Crippen LogP contribution in [0.1, 0.15) is 27.2 Å². The van der Waals surface area contributed by atoms with Crippen molar-refractivity contribution in [3.05, 3.63) is 0 Å². The molecule has 5 nitrogen and oxygen atoms in total. The molecule has 0 unspecified atom stereocenters. The molecule has 0 bridgehead atoms. The van der Waals surface area contributed by atoms with Crippen LogP contribution in [-0.4, -0.2) is 50.6 Å². The second-order valence-electron chi connectivity index (χ2n) is 5.05. The lowest BCUT2D eigenvalue weighted by atomic mass is 10.1. The first-order valence-electron chi connectivity index (χ1n) is 6.32. The number of rotatable bonds is 5. The van der Waals surface area contributed by atoms with Crippen LogP contribution in [0.4, 0.5) is 0 Å². The zero-order valence-electron chi connectivity index (χ0n) is 11.1. The third kappa shape index (κ3) is 2.80. The highest BCUT2D eigenvalue weighted by atomic mass is 16.8. The van der Waals surface area contributed by atoms with Gasteiger partial charge in [-0.1, -0.05) is 6.92 Å². The number of methoxy groups -OCH3 is 1. The third-order valence-corrected chi connectivity index (χ3v) is 3.11. The van der Waals surface area contributed by atoms with Gasteiger partial charge in [-0.05, 0) is 26.8 Å². The maximum absolute atomic E-state index is 5.88. The lowest BCUT2D eigenvalue weighted by molar-refractivity contribution is -0.226. The average Bonchev–Trinajstić information content (AvgIpc) is 2.73. The van der Waals surface area contributed by atoms with Crippen LogP contribution in [0.25, 0.3) is 0 Å². The van der Waals surface area contributed by atoms with Crippen molar-refractivity contribution in [1.82, 2.24) is 5.32 Å². The van der Waals surface area contributed by atoms with Crippen molar-refractivity contribution in [3.8, 4) is 0 Å². The van der Waals surface area contributed by atoms with Crippen LogP contribution < -0.4 is 5.32 Å². The normalized spacial score (nSPS) is 39.5. The molecule has 0 spiro atoms. The van der Waals surface area contributed by atoms with Crippen LogP contribution >= 0.6 is 0 Å². The molecule has 0 amide bonds. The van der Waals surface area contributed by atoms with Gasteiger partial charge >= 0.3 is 0 Å². The van der Waals surface area contributed by atoms with E-state index in [2.05, 4.69) is 12.2 Å². The molecular formula is C12H23NO4. The Balaban J connectivity index is 1.95. The first-order chi connectivity index (χ1) is 8.07. The van der Waals surface area contributed by atoms with Gasteiger partial charge in [-0.25, -0.2) is 0 Å². The van der Waals surface area contributed by atoms with Gasteiger partial charge in [-0.2, -0.15) is 0 Å². The molecule has 0 aliphatic carbocycles. The monoisotopic (exact) mass is 245 g/mol. The molecule has 17 heavy (non-hydrogen) atoms. The molecule has 0 saturated carbocycles. The molecule has 2 fully saturated rings. The fourth-order valence-electron chi connectivity index (χ4n) is 2.42. The van der Waals surface area contributed by atoms with Crippen molar-refractivity contribution in [2.45, 2.75) is 57.6 Å². The van der Waals surface area contributed by atoms with Crippen molar-refractivity contribution in [2.75, 3.05) is 20.2 Å². The van der Waals surface area contributed by atoms with E-state index >= 15 is 0 Å². The van der Waals surface area contributed by atoms with E-state index in [1.165, 1.54) is 0 Å². The summed E-state index contributed by atoms with van der Waals surface area (Å²) in [5.41, 5.74) is 0. The predicted octanol–water partition coefficient (Wildman–Crippen LogP) is 0.877. The summed E-state index contributed by atoms with van der Waals surface area (Å²) in [6.45, 7) is 7.75. The van der Waals surface area contributed by atoms with E-state index in [0.29, 0.717) is 0 Å². The van der Waals surface area contributed by atoms with Gasteiger partial charge in [-0.15, -0.1) is 0 Å². The highest BCUT2D eigenvalue weighted by Gasteiger charge is 2.55. The summed E-state index contributed by atoms with van der Waals surface area (Å²) in [6, 6.07) is 0. The Kier molecular flexibility index (Phi) is 4.05. The van der Waals surface area contributed by atoms with Crippen LogP contribution in [0.3, 0.4) is 0 Å². The second-order valence-corrected chi connectivity index (χ2v) is 5.05. The molecule has 100 valence electrons. The summed E-state index contributed by atoms with van der Waals surface area (Å²) < 4.78 is 22.8. The topological polar surface area (TPSA) is 49.0 Å². The van der Waals surface area contributed by atoms with E-state index < -0.39 is 5.79 Å². The Bertz CT molecular complexity index is 259. The van der Waals surface area contributed by atoms with Gasteiger partial charge < -0.3 is 24.3 Å². The second kappa shape index (κ2) is 5.20. The lowest BCUT2D eigenvalue weighted by Crippen LogP contribution is -2.37. The fraction of sp³-hybridized carbons (Fsp3) is 1.00. The fourth-order valence-corrected chi connectivity index (χ4v) is 2.42. The summed E-state index contributed by atoms with van der Waals surface area (Å²) in [7, 11) is 1.64. The van der Waals surface area contributed by atoms with E-state index in [-0.39, 0.29) is 24.6 Å². The van der Waals surface area contributed by atoms with Crippen molar-refractivity contribution in [2.24, 2.45) is 0 Å². The van der Waals surface area contributed by atoms with E-state index in [1.807, 2.05) is 13.8 Å². The molecule has 0 aromatic carbocycles. The molecule has 2 aliphatic heterocycles. The van der Waals surface area contributed by atoms with E-state index in [0.717, 1.165) is 19.5 Å². The smallest absolute Gasteiger partial charge is 0.186 e. The van der Waals surface area contributed by atoms with Crippen LogP contribution in [0, 0.1) is 0 Å². The number of fused-ring (bicyclic) bond motifs is 1. The molecule has 2 rings (SSSR count). The molecule has 4 atom stereocenters. The standard InChI is InChI=1S/C12H23NO4/c1-5-6-13-7-8-9-10(11(14-4)15-8)17-12(2,3)16-9/h8-11,13H,5-7H2,1-4H3/t8-,9+,10-,11+/m0/s1. The maximum atomic E-state index is 5.88. The quantitative estimate of drug-likeness (QED) is 0.729. The Hall–Kier alpha value is -0.200. The largest absolute Gasteiger partial charge is 0.353 e. The molecular weight excluding hydrogens is 222 g/mol. The predicted molar refractivity (Wildman–Crippen MR) is 62.7 cm³/mol. The minimum absolute atomic E-state index is 0.00160. The maximum Gasteiger partial charge on any atom is 0.186 e. The van der Waals surface area contributed by atoms with Crippen LogP contribution in [0.2, 0.25) is 0 Å². The molecule has 1 N–H and O–H groups in total. The van der Waals surface area contributed by atoms with Gasteiger partial charge in [0.05, 0.1) is 0 Å². The molecule has 2 aliphatic rings. The molecule has 0 aromatic heterocycles. The Morgan fingerprint density at radius 2 is 1.94 bits per heavy atom. The molecule has 0 radical (unpaired) electrons. The highest BCUT2D eigenvalue weighted by Crippen LogP contribution is 2.38. The minimum Gasteiger partial charge on any atom is -0.353 e. The highest BCUT2D eigenvalue weighted by molar-refractivity contribution is 4.95. The Labute approximate surface area is 103 Å². The van der Waals surface area contributed by atoms with Crippen molar-refractivity contribution in [1.29, 1.82) is 0 Å². The molecule has 2 saturated heterocycles. The van der Waals surface area contributed by atoms with Gasteiger partial charge in [0.15, 0.2) is 12.1 Å². The van der Waals surface area contributed by atoms with Crippen LogP contribution in [-0.2, 0) is 18.9 Å². The summed E-state index contributed by atoms with van der Waals surface area (Å²) in [5.74, 6) is -0.543. The molecule has 5 heteroatoms. The number of hydrogen-bond donors (Lipinski definition) is 1. The van der Waals surface area contributed by atoms with Crippen molar-refractivity contribution in [3.63, 3.8) is 0 Å². The van der Waals surface area contributed by atoms with Crippen molar-refractivity contribution < 1.29 is 18.9 Å². The van der Waals surface area contributed by atoms with Crippen LogP contribution in [0.15, 0.2) is 0 Å². The van der Waals surface area contributed by atoms with E-state index in [9.17, 15) is 0 Å². The number of hydrogen-bond acceptors (Lipinski definition) is 5. The summed E-state index contributed by atoms with van der Waals surface area (Å²) in [5, 5.41) is 3.35. The summed E-state index contributed by atoms with van der Waals surface area (Å²) in [6.07, 6.45) is 0.619. The first-order valence-corrected chi connectivity index (χ1v) is 6.32. The van der Waals surface area contributed by atoms with Gasteiger partial charge in [0.25, 0.3) is 0 Å². The lowest BCUT2D eigenvalue weighted by Gasteiger charge is -2.23. The van der Waals surface area contributed by atoms with Gasteiger partial charge in [-0.3, -0.25) is 0 Å².